The molecule has 19 heavy (non-hydrogen) atoms. The topological polar surface area (TPSA) is 26.3 Å². The predicted molar refractivity (Wildman–Crippen MR) is 83.4 cm³/mol. The van der Waals surface area contributed by atoms with E-state index in [1.807, 2.05) is 38.9 Å². The fraction of sp³-hybridized carbons (Fsp3) is 0.438. The number of rotatable bonds is 8. The summed E-state index contributed by atoms with van der Waals surface area (Å²) in [6.45, 7) is 15.6. The van der Waals surface area contributed by atoms with Crippen molar-refractivity contribution in [1.82, 2.24) is 0 Å². The van der Waals surface area contributed by atoms with E-state index in [0.29, 0.717) is 5.82 Å². The minimum atomic E-state index is -0.197. The second-order valence-electron chi connectivity index (χ2n) is 4.77. The zero-order chi connectivity index (χ0) is 14.8. The van der Waals surface area contributed by atoms with Gasteiger partial charge < -0.3 is 4.74 Å². The van der Waals surface area contributed by atoms with Crippen LogP contribution in [0.25, 0.3) is 0 Å². The lowest BCUT2D eigenvalue weighted by Gasteiger charge is -2.09. The normalized spacial score (nSPS) is 13.4. The van der Waals surface area contributed by atoms with Gasteiger partial charge in [-0.15, -0.1) is 0 Å². The molecule has 0 aliphatic heterocycles. The summed E-state index contributed by atoms with van der Waals surface area (Å²) in [6.07, 6.45) is 7.37. The van der Waals surface area contributed by atoms with Crippen LogP contribution in [0.3, 0.4) is 0 Å². The fourth-order valence-corrected chi connectivity index (χ4v) is 1.20. The van der Waals surface area contributed by atoms with Crippen LogP contribution in [0.1, 0.15) is 20.8 Å². The average Bonchev–Trinajstić information content (AvgIpc) is 2.39. The molecule has 0 saturated carbocycles. The summed E-state index contributed by atoms with van der Waals surface area (Å²) < 4.78 is 5.19. The van der Waals surface area contributed by atoms with Crippen LogP contribution >= 0.6 is 0 Å². The number of allylic oxidation sites excluding steroid dienone is 4. The minimum absolute atomic E-state index is 0.112. The van der Waals surface area contributed by atoms with Crippen LogP contribution in [0.15, 0.2) is 48.6 Å². The molecule has 0 aromatic rings. The molecular formula is C16H24BO2. The van der Waals surface area contributed by atoms with Crippen molar-refractivity contribution >= 4 is 13.2 Å². The van der Waals surface area contributed by atoms with Crippen LogP contribution in [0, 0.1) is 5.92 Å². The van der Waals surface area contributed by atoms with E-state index in [1.54, 1.807) is 6.08 Å². The van der Waals surface area contributed by atoms with Crippen molar-refractivity contribution in [2.24, 2.45) is 5.92 Å². The number of esters is 1. The second kappa shape index (κ2) is 9.43. The van der Waals surface area contributed by atoms with Gasteiger partial charge in [0, 0.05) is 0 Å². The molecule has 0 aliphatic carbocycles. The summed E-state index contributed by atoms with van der Waals surface area (Å²) in [7, 11) is 2.09. The summed E-state index contributed by atoms with van der Waals surface area (Å²) in [5, 5.41) is 0. The molecule has 1 unspecified atom stereocenters. The van der Waals surface area contributed by atoms with E-state index in [2.05, 4.69) is 27.4 Å². The third kappa shape index (κ3) is 7.50. The lowest BCUT2D eigenvalue weighted by molar-refractivity contribution is -0.146. The first-order valence-corrected chi connectivity index (χ1v) is 6.57. The number of hydrogen-bond acceptors (Lipinski definition) is 2. The number of hydrogen-bond donors (Lipinski definition) is 0. The Labute approximate surface area is 118 Å². The maximum atomic E-state index is 11.4. The highest BCUT2D eigenvalue weighted by atomic mass is 16.5. The van der Waals surface area contributed by atoms with Gasteiger partial charge in [0.1, 0.15) is 13.9 Å². The predicted octanol–water partition coefficient (Wildman–Crippen LogP) is 3.97. The van der Waals surface area contributed by atoms with Crippen LogP contribution in [-0.4, -0.2) is 19.9 Å². The van der Waals surface area contributed by atoms with Crippen LogP contribution in [0.5, 0.6) is 0 Å². The molecule has 0 rings (SSSR count). The summed E-state index contributed by atoms with van der Waals surface area (Å²) in [6, 6.07) is 0. The van der Waals surface area contributed by atoms with Gasteiger partial charge in [-0.1, -0.05) is 70.6 Å². The van der Waals surface area contributed by atoms with E-state index >= 15 is 0 Å². The highest BCUT2D eigenvalue weighted by Gasteiger charge is 2.08. The second-order valence-corrected chi connectivity index (χ2v) is 4.77. The SMILES string of the molecule is C=C/C=C(\C=C/C(=C)C(C)[B]C)COC(=O)C(C)C. The van der Waals surface area contributed by atoms with Gasteiger partial charge in [-0.3, -0.25) is 4.79 Å². The monoisotopic (exact) mass is 259 g/mol. The molecule has 1 atom stereocenters. The molecule has 0 spiro atoms. The highest BCUT2D eigenvalue weighted by molar-refractivity contribution is 6.36. The Morgan fingerprint density at radius 3 is 2.42 bits per heavy atom. The molecule has 0 aromatic carbocycles. The Kier molecular flexibility index (Phi) is 8.68. The molecule has 0 amide bonds. The smallest absolute Gasteiger partial charge is 0.308 e. The summed E-state index contributed by atoms with van der Waals surface area (Å²) in [4.78, 5) is 11.4. The fourth-order valence-electron chi connectivity index (χ4n) is 1.20. The van der Waals surface area contributed by atoms with Crippen LogP contribution in [-0.2, 0) is 9.53 Å². The van der Waals surface area contributed by atoms with Gasteiger partial charge in [0.15, 0.2) is 0 Å². The van der Waals surface area contributed by atoms with E-state index < -0.39 is 0 Å². The average molecular weight is 259 g/mol. The molecule has 0 fully saturated rings. The van der Waals surface area contributed by atoms with Crippen LogP contribution < -0.4 is 0 Å². The Balaban J connectivity index is 4.55. The van der Waals surface area contributed by atoms with E-state index in [1.165, 1.54) is 0 Å². The molecule has 3 heteroatoms. The van der Waals surface area contributed by atoms with Crippen molar-refractivity contribution in [3.05, 3.63) is 48.6 Å². The molecular weight excluding hydrogens is 235 g/mol. The Morgan fingerprint density at radius 1 is 1.32 bits per heavy atom. The van der Waals surface area contributed by atoms with Gasteiger partial charge in [0.05, 0.1) is 5.92 Å². The maximum Gasteiger partial charge on any atom is 0.308 e. The van der Waals surface area contributed by atoms with Crippen molar-refractivity contribution in [2.75, 3.05) is 6.61 Å². The Morgan fingerprint density at radius 2 is 1.95 bits per heavy atom. The molecule has 0 saturated heterocycles. The van der Waals surface area contributed by atoms with E-state index in [-0.39, 0.29) is 18.5 Å². The molecule has 0 bridgehead atoms. The first-order chi connectivity index (χ1) is 8.92. The molecule has 0 aliphatic rings. The molecule has 0 heterocycles. The van der Waals surface area contributed by atoms with Crippen molar-refractivity contribution in [1.29, 1.82) is 0 Å². The molecule has 2 nitrogen and oxygen atoms in total. The van der Waals surface area contributed by atoms with E-state index in [4.69, 9.17) is 4.74 Å². The minimum Gasteiger partial charge on any atom is -0.461 e. The van der Waals surface area contributed by atoms with Gasteiger partial charge in [-0.2, -0.15) is 0 Å². The van der Waals surface area contributed by atoms with Crippen molar-refractivity contribution in [2.45, 2.75) is 33.4 Å². The third-order valence-electron chi connectivity index (χ3n) is 2.78. The zero-order valence-electron chi connectivity index (χ0n) is 12.5. The maximum absolute atomic E-state index is 11.4. The van der Waals surface area contributed by atoms with Crippen LogP contribution in [0.2, 0.25) is 12.6 Å². The summed E-state index contributed by atoms with van der Waals surface area (Å²) >= 11 is 0. The lowest BCUT2D eigenvalue weighted by Crippen LogP contribution is -2.13. The van der Waals surface area contributed by atoms with Crippen molar-refractivity contribution in [3.8, 4) is 0 Å². The van der Waals surface area contributed by atoms with Crippen LogP contribution in [0.4, 0.5) is 0 Å². The van der Waals surface area contributed by atoms with Crippen molar-refractivity contribution < 1.29 is 9.53 Å². The number of carbonyl (C=O) groups excluding carboxylic acids is 1. The van der Waals surface area contributed by atoms with Gasteiger partial charge in [-0.05, 0) is 11.4 Å². The lowest BCUT2D eigenvalue weighted by atomic mass is 9.65. The quantitative estimate of drug-likeness (QED) is 0.374. The van der Waals surface area contributed by atoms with E-state index in [0.717, 1.165) is 11.1 Å². The van der Waals surface area contributed by atoms with E-state index in [9.17, 15) is 4.79 Å². The van der Waals surface area contributed by atoms with Gasteiger partial charge in [-0.25, -0.2) is 0 Å². The van der Waals surface area contributed by atoms with Gasteiger partial charge in [0.25, 0.3) is 0 Å². The first-order valence-electron chi connectivity index (χ1n) is 6.57. The standard InChI is InChI=1S/C16H24BO2/c1-7-8-15(11-19-16(18)12(2)3)10-9-13(4)14(5)17-6/h7-10,12,14H,1,4,11H2,2-3,5-6H3/b10-9-,15-8+. The zero-order valence-corrected chi connectivity index (χ0v) is 12.5. The molecule has 0 aromatic heterocycles. The van der Waals surface area contributed by atoms with Gasteiger partial charge in [0.2, 0.25) is 0 Å². The summed E-state index contributed by atoms with van der Waals surface area (Å²) in [5.41, 5.74) is 1.92. The third-order valence-corrected chi connectivity index (χ3v) is 2.78. The summed E-state index contributed by atoms with van der Waals surface area (Å²) in [5.74, 6) is 0.0236. The molecule has 103 valence electrons. The first kappa shape index (κ1) is 17.5. The Bertz CT molecular complexity index is 378. The number of carbonyl (C=O) groups is 1. The largest absolute Gasteiger partial charge is 0.461 e. The number of ether oxygens (including phenoxy) is 1. The molecule has 1 radical (unpaired) electrons. The Hall–Kier alpha value is -1.51. The van der Waals surface area contributed by atoms with Crippen molar-refractivity contribution in [3.63, 3.8) is 0 Å². The molecule has 0 N–H and O–H groups in total. The van der Waals surface area contributed by atoms with Gasteiger partial charge >= 0.3 is 5.97 Å². The highest BCUT2D eigenvalue weighted by Crippen LogP contribution is 2.15.